The molecule has 0 aromatic carbocycles. The largest absolute Gasteiger partial charge is 0.468 e. The van der Waals surface area contributed by atoms with E-state index < -0.39 is 6.04 Å². The van der Waals surface area contributed by atoms with Crippen molar-refractivity contribution in [1.82, 2.24) is 0 Å². The van der Waals surface area contributed by atoms with Crippen LogP contribution in [0.3, 0.4) is 0 Å². The fourth-order valence-corrected chi connectivity index (χ4v) is 0.778. The number of unbranched alkanes of at least 4 members (excludes halogenated alkanes) is 1. The summed E-state index contributed by atoms with van der Waals surface area (Å²) in [5.74, 6) is -0.345. The van der Waals surface area contributed by atoms with Crippen LogP contribution in [0.1, 0.15) is 19.3 Å². The summed E-state index contributed by atoms with van der Waals surface area (Å²) in [6.45, 7) is 0.647. The Morgan fingerprint density at radius 3 is 2.31 bits per heavy atom. The second kappa shape index (κ2) is 12.0. The van der Waals surface area contributed by atoms with E-state index in [0.717, 1.165) is 12.8 Å². The van der Waals surface area contributed by atoms with E-state index in [9.17, 15) is 4.79 Å². The first-order valence-corrected chi connectivity index (χ1v) is 3.76. The Labute approximate surface area is 91.2 Å². The van der Waals surface area contributed by atoms with Crippen molar-refractivity contribution in [3.8, 4) is 0 Å². The van der Waals surface area contributed by atoms with Gasteiger partial charge in [0.1, 0.15) is 6.04 Å². The van der Waals surface area contributed by atoms with Crippen molar-refractivity contribution >= 4 is 30.8 Å². The van der Waals surface area contributed by atoms with E-state index in [-0.39, 0.29) is 30.8 Å². The van der Waals surface area contributed by atoms with Crippen LogP contribution in [0.25, 0.3) is 0 Å². The Morgan fingerprint density at radius 2 is 1.92 bits per heavy atom. The van der Waals surface area contributed by atoms with Crippen LogP contribution in [0.15, 0.2) is 0 Å². The zero-order valence-corrected chi connectivity index (χ0v) is 9.33. The maximum atomic E-state index is 10.7. The lowest BCUT2D eigenvalue weighted by molar-refractivity contribution is -0.142. The number of hydrogen-bond acceptors (Lipinski definition) is 4. The van der Waals surface area contributed by atoms with Crippen molar-refractivity contribution in [2.24, 2.45) is 11.5 Å². The number of rotatable bonds is 5. The summed E-state index contributed by atoms with van der Waals surface area (Å²) in [7, 11) is 1.34. The van der Waals surface area contributed by atoms with Gasteiger partial charge in [-0.1, -0.05) is 6.42 Å². The molecule has 0 saturated carbocycles. The molecule has 0 saturated heterocycles. The van der Waals surface area contributed by atoms with Gasteiger partial charge in [-0.05, 0) is 19.4 Å². The zero-order valence-electron chi connectivity index (χ0n) is 7.69. The van der Waals surface area contributed by atoms with Gasteiger partial charge in [0.15, 0.2) is 0 Å². The first-order chi connectivity index (χ1) is 5.22. The Hall–Kier alpha value is -0.0300. The number of carbonyl (C=O) groups excluding carboxylic acids is 1. The molecule has 0 heterocycles. The van der Waals surface area contributed by atoms with Crippen molar-refractivity contribution in [1.29, 1.82) is 0 Å². The lowest BCUT2D eigenvalue weighted by atomic mass is 10.1. The Bertz CT molecular complexity index is 125. The molecule has 0 aliphatic heterocycles. The van der Waals surface area contributed by atoms with Crippen LogP contribution in [-0.2, 0) is 9.53 Å². The van der Waals surface area contributed by atoms with Crippen LogP contribution >= 0.6 is 24.8 Å². The predicted molar refractivity (Wildman–Crippen MR) is 57.4 cm³/mol. The fraction of sp³-hybridized carbons (Fsp3) is 0.857. The van der Waals surface area contributed by atoms with Gasteiger partial charge in [-0.3, -0.25) is 4.79 Å². The highest BCUT2D eigenvalue weighted by atomic mass is 35.5. The lowest BCUT2D eigenvalue weighted by Crippen LogP contribution is -2.31. The maximum absolute atomic E-state index is 10.7. The zero-order chi connectivity index (χ0) is 8.69. The standard InChI is InChI=1S/C7H16N2O2.2ClH/c1-11-7(10)6(9)4-2-3-5-8;;/h6H,2-5,8-9H2,1H3;2*1H/t6-;;/m0../s1. The molecule has 0 fully saturated rings. The number of ether oxygens (including phenoxy) is 1. The van der Waals surface area contributed by atoms with Crippen molar-refractivity contribution in [2.45, 2.75) is 25.3 Å². The molecule has 0 aromatic rings. The normalized spacial score (nSPS) is 10.7. The Kier molecular flexibility index (Phi) is 17.2. The molecule has 0 amide bonds. The highest BCUT2D eigenvalue weighted by molar-refractivity contribution is 5.85. The quantitative estimate of drug-likeness (QED) is 0.534. The van der Waals surface area contributed by atoms with Gasteiger partial charge in [0.2, 0.25) is 0 Å². The van der Waals surface area contributed by atoms with Crippen molar-refractivity contribution < 1.29 is 9.53 Å². The minimum absolute atomic E-state index is 0. The first-order valence-electron chi connectivity index (χ1n) is 3.76. The van der Waals surface area contributed by atoms with Gasteiger partial charge >= 0.3 is 5.97 Å². The van der Waals surface area contributed by atoms with Gasteiger partial charge in [-0.15, -0.1) is 24.8 Å². The number of carbonyl (C=O) groups is 1. The van der Waals surface area contributed by atoms with E-state index in [1.807, 2.05) is 0 Å². The van der Waals surface area contributed by atoms with Gasteiger partial charge in [0.05, 0.1) is 7.11 Å². The second-order valence-electron chi connectivity index (χ2n) is 2.41. The number of halogens is 2. The van der Waals surface area contributed by atoms with Gasteiger partial charge in [-0.2, -0.15) is 0 Å². The third kappa shape index (κ3) is 9.89. The molecule has 0 unspecified atom stereocenters. The molecule has 0 bridgehead atoms. The average Bonchev–Trinajstić information content (AvgIpc) is 2.03. The summed E-state index contributed by atoms with van der Waals surface area (Å²) < 4.78 is 4.45. The molecule has 13 heavy (non-hydrogen) atoms. The van der Waals surface area contributed by atoms with Crippen LogP contribution in [0, 0.1) is 0 Å². The molecular formula is C7H18Cl2N2O2. The number of methoxy groups -OCH3 is 1. The summed E-state index contributed by atoms with van der Waals surface area (Å²) in [6, 6.07) is -0.480. The van der Waals surface area contributed by atoms with Crippen molar-refractivity contribution in [2.75, 3.05) is 13.7 Å². The molecule has 0 aliphatic rings. The summed E-state index contributed by atoms with van der Waals surface area (Å²) in [5.41, 5.74) is 10.7. The smallest absolute Gasteiger partial charge is 0.322 e. The fourth-order valence-electron chi connectivity index (χ4n) is 0.778. The third-order valence-electron chi connectivity index (χ3n) is 1.47. The van der Waals surface area contributed by atoms with Gasteiger partial charge < -0.3 is 16.2 Å². The summed E-state index contributed by atoms with van der Waals surface area (Å²) in [4.78, 5) is 10.7. The molecule has 0 rings (SSSR count). The Morgan fingerprint density at radius 1 is 1.38 bits per heavy atom. The maximum Gasteiger partial charge on any atom is 0.322 e. The minimum Gasteiger partial charge on any atom is -0.468 e. The molecule has 1 atom stereocenters. The summed E-state index contributed by atoms with van der Waals surface area (Å²) >= 11 is 0. The van der Waals surface area contributed by atoms with Crippen molar-refractivity contribution in [3.05, 3.63) is 0 Å². The van der Waals surface area contributed by atoms with Crippen LogP contribution in [-0.4, -0.2) is 25.7 Å². The Balaban J connectivity index is -0.000000500. The molecule has 6 heteroatoms. The molecule has 4 N–H and O–H groups in total. The minimum atomic E-state index is -0.480. The van der Waals surface area contributed by atoms with Crippen LogP contribution in [0.4, 0.5) is 0 Å². The second-order valence-corrected chi connectivity index (χ2v) is 2.41. The van der Waals surface area contributed by atoms with Crippen LogP contribution < -0.4 is 11.5 Å². The van der Waals surface area contributed by atoms with Gasteiger partial charge in [0, 0.05) is 0 Å². The average molecular weight is 233 g/mol. The molecule has 4 nitrogen and oxygen atoms in total. The number of hydrogen-bond donors (Lipinski definition) is 2. The molecule has 82 valence electrons. The first kappa shape index (κ1) is 18.7. The van der Waals surface area contributed by atoms with Crippen LogP contribution in [0.2, 0.25) is 0 Å². The topological polar surface area (TPSA) is 78.3 Å². The highest BCUT2D eigenvalue weighted by Gasteiger charge is 2.11. The number of nitrogens with two attached hydrogens (primary N) is 2. The summed E-state index contributed by atoms with van der Waals surface area (Å²) in [6.07, 6.45) is 2.45. The SMILES string of the molecule is COC(=O)[C@@H](N)CCCCN.Cl.Cl. The van der Waals surface area contributed by atoms with E-state index in [0.29, 0.717) is 13.0 Å². The van der Waals surface area contributed by atoms with E-state index >= 15 is 0 Å². The lowest BCUT2D eigenvalue weighted by Gasteiger charge is -2.07. The van der Waals surface area contributed by atoms with Crippen molar-refractivity contribution in [3.63, 3.8) is 0 Å². The molecule has 0 spiro atoms. The van der Waals surface area contributed by atoms with Gasteiger partial charge in [-0.25, -0.2) is 0 Å². The van der Waals surface area contributed by atoms with Gasteiger partial charge in [0.25, 0.3) is 0 Å². The molecule has 0 aromatic heterocycles. The summed E-state index contributed by atoms with van der Waals surface area (Å²) in [5, 5.41) is 0. The van der Waals surface area contributed by atoms with E-state index in [4.69, 9.17) is 11.5 Å². The van der Waals surface area contributed by atoms with E-state index in [1.54, 1.807) is 0 Å². The van der Waals surface area contributed by atoms with E-state index in [2.05, 4.69) is 4.74 Å². The molecule has 0 aliphatic carbocycles. The van der Waals surface area contributed by atoms with E-state index in [1.165, 1.54) is 7.11 Å². The highest BCUT2D eigenvalue weighted by Crippen LogP contribution is 1.98. The predicted octanol–water partition coefficient (Wildman–Crippen LogP) is 0.459. The third-order valence-corrected chi connectivity index (χ3v) is 1.47. The monoisotopic (exact) mass is 232 g/mol. The number of esters is 1. The molecule has 0 radical (unpaired) electrons. The molecular weight excluding hydrogens is 215 g/mol. The van der Waals surface area contributed by atoms with Crippen LogP contribution in [0.5, 0.6) is 0 Å².